The van der Waals surface area contributed by atoms with Crippen molar-refractivity contribution >= 4 is 0 Å². The SMILES string of the molecule is CCNC(CCN(C)C(C)(C)CC)c1cc(C)cc(C)c1. The van der Waals surface area contributed by atoms with E-state index in [-0.39, 0.29) is 5.54 Å². The Labute approximate surface area is 131 Å². The van der Waals surface area contributed by atoms with Gasteiger partial charge in [0.25, 0.3) is 0 Å². The van der Waals surface area contributed by atoms with E-state index in [1.165, 1.54) is 23.1 Å². The number of hydrogen-bond donors (Lipinski definition) is 1. The molecule has 0 bridgehead atoms. The number of hydrogen-bond acceptors (Lipinski definition) is 2. The van der Waals surface area contributed by atoms with Crippen LogP contribution in [0.5, 0.6) is 0 Å². The van der Waals surface area contributed by atoms with Crippen LogP contribution in [0.2, 0.25) is 0 Å². The molecule has 1 atom stereocenters. The molecule has 0 heterocycles. The normalized spacial score (nSPS) is 13.7. The molecule has 0 spiro atoms. The summed E-state index contributed by atoms with van der Waals surface area (Å²) in [6.45, 7) is 15.6. The van der Waals surface area contributed by atoms with E-state index in [0.717, 1.165) is 19.5 Å². The Kier molecular flexibility index (Phi) is 6.89. The van der Waals surface area contributed by atoms with Gasteiger partial charge in [-0.25, -0.2) is 0 Å². The zero-order valence-electron chi connectivity index (χ0n) is 15.1. The van der Waals surface area contributed by atoms with Gasteiger partial charge in [0.15, 0.2) is 0 Å². The van der Waals surface area contributed by atoms with Crippen molar-refractivity contribution in [1.82, 2.24) is 10.2 Å². The molecule has 1 rings (SSSR count). The summed E-state index contributed by atoms with van der Waals surface area (Å²) in [5.41, 5.74) is 4.42. The van der Waals surface area contributed by atoms with E-state index in [1.54, 1.807) is 0 Å². The van der Waals surface area contributed by atoms with Crippen LogP contribution in [0.4, 0.5) is 0 Å². The van der Waals surface area contributed by atoms with Gasteiger partial charge >= 0.3 is 0 Å². The average molecular weight is 290 g/mol. The van der Waals surface area contributed by atoms with Crippen LogP contribution in [-0.2, 0) is 0 Å². The third-order valence-corrected chi connectivity index (χ3v) is 4.75. The van der Waals surface area contributed by atoms with Crippen molar-refractivity contribution < 1.29 is 0 Å². The highest BCUT2D eigenvalue weighted by Crippen LogP contribution is 2.23. The van der Waals surface area contributed by atoms with Gasteiger partial charge in [0.05, 0.1) is 0 Å². The lowest BCUT2D eigenvalue weighted by Crippen LogP contribution is -2.42. The molecule has 120 valence electrons. The summed E-state index contributed by atoms with van der Waals surface area (Å²) < 4.78 is 0. The fourth-order valence-electron chi connectivity index (χ4n) is 2.74. The summed E-state index contributed by atoms with van der Waals surface area (Å²) in [7, 11) is 2.24. The molecule has 2 heteroatoms. The van der Waals surface area contributed by atoms with Gasteiger partial charge < -0.3 is 10.2 Å². The summed E-state index contributed by atoms with van der Waals surface area (Å²) >= 11 is 0. The predicted octanol–water partition coefficient (Wildman–Crippen LogP) is 4.46. The zero-order valence-corrected chi connectivity index (χ0v) is 15.1. The van der Waals surface area contributed by atoms with Crippen molar-refractivity contribution in [1.29, 1.82) is 0 Å². The molecule has 0 aliphatic heterocycles. The van der Waals surface area contributed by atoms with Gasteiger partial charge in [0, 0.05) is 18.1 Å². The molecule has 0 fully saturated rings. The summed E-state index contributed by atoms with van der Waals surface area (Å²) in [5.74, 6) is 0. The maximum atomic E-state index is 3.65. The number of aryl methyl sites for hydroxylation is 2. The van der Waals surface area contributed by atoms with E-state index >= 15 is 0 Å². The molecule has 1 aromatic carbocycles. The molecule has 21 heavy (non-hydrogen) atoms. The van der Waals surface area contributed by atoms with Gasteiger partial charge in [-0.2, -0.15) is 0 Å². The fraction of sp³-hybridized carbons (Fsp3) is 0.684. The molecular formula is C19H34N2. The molecule has 1 aromatic rings. The maximum absolute atomic E-state index is 3.65. The Bertz CT molecular complexity index is 417. The van der Waals surface area contributed by atoms with Crippen LogP contribution in [-0.4, -0.2) is 30.6 Å². The highest BCUT2D eigenvalue weighted by atomic mass is 15.2. The highest BCUT2D eigenvalue weighted by Gasteiger charge is 2.22. The van der Waals surface area contributed by atoms with Gasteiger partial charge in [-0.3, -0.25) is 0 Å². The maximum Gasteiger partial charge on any atom is 0.0332 e. The molecule has 0 amide bonds. The van der Waals surface area contributed by atoms with E-state index in [9.17, 15) is 0 Å². The number of nitrogens with one attached hydrogen (secondary N) is 1. The Balaban J connectivity index is 2.78. The zero-order chi connectivity index (χ0) is 16.0. The molecule has 0 aliphatic carbocycles. The first kappa shape index (κ1) is 18.2. The Morgan fingerprint density at radius 1 is 1.10 bits per heavy atom. The van der Waals surface area contributed by atoms with Crippen molar-refractivity contribution in [2.24, 2.45) is 0 Å². The second kappa shape index (κ2) is 7.95. The molecule has 0 radical (unpaired) electrons. The van der Waals surface area contributed by atoms with E-state index in [0.29, 0.717) is 6.04 Å². The van der Waals surface area contributed by atoms with E-state index in [2.05, 4.69) is 77.0 Å². The third kappa shape index (κ3) is 5.44. The van der Waals surface area contributed by atoms with E-state index < -0.39 is 0 Å². The predicted molar refractivity (Wildman–Crippen MR) is 94.0 cm³/mol. The number of nitrogens with zero attached hydrogens (tertiary/aromatic N) is 1. The standard InChI is InChI=1S/C19H34N2/c1-8-19(5,6)21(7)11-10-18(20-9-2)17-13-15(3)12-16(4)14-17/h12-14,18,20H,8-11H2,1-7H3. The second-order valence-electron chi connectivity index (χ2n) is 6.91. The minimum atomic E-state index is 0.277. The lowest BCUT2D eigenvalue weighted by Gasteiger charge is -2.36. The van der Waals surface area contributed by atoms with Crippen LogP contribution in [0.15, 0.2) is 18.2 Å². The number of benzene rings is 1. The molecule has 0 aromatic heterocycles. The summed E-state index contributed by atoms with van der Waals surface area (Å²) in [6.07, 6.45) is 2.33. The van der Waals surface area contributed by atoms with E-state index in [4.69, 9.17) is 0 Å². The lowest BCUT2D eigenvalue weighted by molar-refractivity contribution is 0.144. The van der Waals surface area contributed by atoms with Gasteiger partial charge in [-0.05, 0) is 59.7 Å². The molecular weight excluding hydrogens is 256 g/mol. The van der Waals surface area contributed by atoms with Crippen molar-refractivity contribution in [3.63, 3.8) is 0 Å². The summed E-state index contributed by atoms with van der Waals surface area (Å²) in [4.78, 5) is 2.49. The highest BCUT2D eigenvalue weighted by molar-refractivity contribution is 5.30. The minimum Gasteiger partial charge on any atom is -0.310 e. The quantitative estimate of drug-likeness (QED) is 0.760. The van der Waals surface area contributed by atoms with Gasteiger partial charge in [-0.1, -0.05) is 43.2 Å². The molecule has 0 aliphatic rings. The van der Waals surface area contributed by atoms with Crippen molar-refractivity contribution in [3.05, 3.63) is 34.9 Å². The van der Waals surface area contributed by atoms with Crippen LogP contribution in [0.1, 0.15) is 63.3 Å². The summed E-state index contributed by atoms with van der Waals surface area (Å²) in [6, 6.07) is 7.35. The first-order valence-electron chi connectivity index (χ1n) is 8.33. The van der Waals surface area contributed by atoms with Gasteiger partial charge in [0.1, 0.15) is 0 Å². The topological polar surface area (TPSA) is 15.3 Å². The number of rotatable bonds is 8. The Hall–Kier alpha value is -0.860. The third-order valence-electron chi connectivity index (χ3n) is 4.75. The van der Waals surface area contributed by atoms with Crippen LogP contribution >= 0.6 is 0 Å². The van der Waals surface area contributed by atoms with Crippen LogP contribution in [0.3, 0.4) is 0 Å². The Morgan fingerprint density at radius 3 is 2.14 bits per heavy atom. The van der Waals surface area contributed by atoms with Crippen LogP contribution in [0.25, 0.3) is 0 Å². The minimum absolute atomic E-state index is 0.277. The first-order valence-corrected chi connectivity index (χ1v) is 8.33. The average Bonchev–Trinajstić information content (AvgIpc) is 2.41. The molecule has 0 saturated carbocycles. The largest absolute Gasteiger partial charge is 0.310 e. The van der Waals surface area contributed by atoms with Crippen molar-refractivity contribution in [3.8, 4) is 0 Å². The smallest absolute Gasteiger partial charge is 0.0332 e. The van der Waals surface area contributed by atoms with Gasteiger partial charge in [0.2, 0.25) is 0 Å². The van der Waals surface area contributed by atoms with Crippen molar-refractivity contribution in [2.45, 2.75) is 66.0 Å². The summed E-state index contributed by atoms with van der Waals surface area (Å²) in [5, 5.41) is 3.65. The molecule has 2 nitrogen and oxygen atoms in total. The Morgan fingerprint density at radius 2 is 1.67 bits per heavy atom. The van der Waals surface area contributed by atoms with Crippen LogP contribution in [0, 0.1) is 13.8 Å². The molecule has 1 N–H and O–H groups in total. The van der Waals surface area contributed by atoms with Gasteiger partial charge in [-0.15, -0.1) is 0 Å². The van der Waals surface area contributed by atoms with Crippen LogP contribution < -0.4 is 5.32 Å². The van der Waals surface area contributed by atoms with Crippen molar-refractivity contribution in [2.75, 3.05) is 20.1 Å². The lowest BCUT2D eigenvalue weighted by atomic mass is 9.96. The molecule has 0 saturated heterocycles. The fourth-order valence-corrected chi connectivity index (χ4v) is 2.74. The molecule has 1 unspecified atom stereocenters. The monoisotopic (exact) mass is 290 g/mol. The van der Waals surface area contributed by atoms with E-state index in [1.807, 2.05) is 0 Å². The first-order chi connectivity index (χ1) is 9.80. The second-order valence-corrected chi connectivity index (χ2v) is 6.91.